The molecule has 0 amide bonds. The van der Waals surface area contributed by atoms with Crippen molar-refractivity contribution in [2.24, 2.45) is 5.41 Å². The number of hydrogen-bond acceptors (Lipinski definition) is 3. The summed E-state index contributed by atoms with van der Waals surface area (Å²) in [7, 11) is 1.72. The highest BCUT2D eigenvalue weighted by molar-refractivity contribution is 6.18. The normalized spacial score (nSPS) is 25.3. The third-order valence-electron chi connectivity index (χ3n) is 6.98. The number of rotatable bonds is 3. The van der Waals surface area contributed by atoms with Crippen LogP contribution < -0.4 is 14.8 Å². The Bertz CT molecular complexity index is 1100. The molecule has 0 fully saturated rings. The standard InChI is InChI=1S/C27H30ClNO2/c1-17-15-26(2,3)29-19-12-11-18-23-20(30-4)9-8-10-21(23)31-25(24(18)22(17)19)27(16-28)13-6-5-7-14-27/h5-6,8-12,15,25,29H,7,13-14,16H2,1-4H3. The summed E-state index contributed by atoms with van der Waals surface area (Å²) >= 11 is 6.72. The largest absolute Gasteiger partial charge is 0.496 e. The zero-order valence-corrected chi connectivity index (χ0v) is 19.5. The minimum atomic E-state index is -0.145. The molecule has 0 aromatic heterocycles. The maximum Gasteiger partial charge on any atom is 0.132 e. The second-order valence-corrected chi connectivity index (χ2v) is 9.93. The van der Waals surface area contributed by atoms with Gasteiger partial charge in [-0.15, -0.1) is 11.6 Å². The number of alkyl halides is 1. The maximum absolute atomic E-state index is 6.85. The number of methoxy groups -OCH3 is 1. The van der Waals surface area contributed by atoms with Gasteiger partial charge >= 0.3 is 0 Å². The summed E-state index contributed by atoms with van der Waals surface area (Å²) in [4.78, 5) is 0. The second-order valence-electron chi connectivity index (χ2n) is 9.66. The van der Waals surface area contributed by atoms with E-state index < -0.39 is 0 Å². The van der Waals surface area contributed by atoms with Gasteiger partial charge in [0, 0.05) is 28.1 Å². The molecule has 2 atom stereocenters. The molecule has 0 saturated heterocycles. The third kappa shape index (κ3) is 3.17. The highest BCUT2D eigenvalue weighted by Gasteiger charge is 2.46. The molecule has 0 spiro atoms. The number of anilines is 1. The fourth-order valence-electron chi connectivity index (χ4n) is 5.64. The molecular weight excluding hydrogens is 406 g/mol. The van der Waals surface area contributed by atoms with E-state index in [1.54, 1.807) is 7.11 Å². The lowest BCUT2D eigenvalue weighted by atomic mass is 9.68. The van der Waals surface area contributed by atoms with Crippen molar-refractivity contribution in [3.05, 3.63) is 59.7 Å². The third-order valence-corrected chi connectivity index (χ3v) is 7.51. The van der Waals surface area contributed by atoms with Crippen LogP contribution in [0, 0.1) is 5.41 Å². The Morgan fingerprint density at radius 1 is 1.16 bits per heavy atom. The lowest BCUT2D eigenvalue weighted by Gasteiger charge is -2.45. The first kappa shape index (κ1) is 20.5. The van der Waals surface area contributed by atoms with Crippen molar-refractivity contribution in [2.75, 3.05) is 18.3 Å². The number of fused-ring (bicyclic) bond motifs is 5. The van der Waals surface area contributed by atoms with E-state index in [1.807, 2.05) is 12.1 Å². The first-order chi connectivity index (χ1) is 14.9. The zero-order chi connectivity index (χ0) is 21.8. The molecule has 162 valence electrons. The van der Waals surface area contributed by atoms with Gasteiger partial charge in [-0.25, -0.2) is 0 Å². The number of hydrogen-bond donors (Lipinski definition) is 1. The Balaban J connectivity index is 1.81. The van der Waals surface area contributed by atoms with E-state index in [0.29, 0.717) is 5.88 Å². The van der Waals surface area contributed by atoms with Crippen LogP contribution in [0.4, 0.5) is 5.69 Å². The van der Waals surface area contributed by atoms with Gasteiger partial charge in [0.1, 0.15) is 17.6 Å². The molecule has 0 saturated carbocycles. The molecule has 31 heavy (non-hydrogen) atoms. The number of benzene rings is 2. The average Bonchev–Trinajstić information content (AvgIpc) is 2.77. The van der Waals surface area contributed by atoms with E-state index in [4.69, 9.17) is 21.1 Å². The molecule has 2 aromatic rings. The van der Waals surface area contributed by atoms with Crippen LogP contribution in [0.2, 0.25) is 0 Å². The van der Waals surface area contributed by atoms with Crippen LogP contribution in [0.3, 0.4) is 0 Å². The highest BCUT2D eigenvalue weighted by Crippen LogP contribution is 2.58. The lowest BCUT2D eigenvalue weighted by molar-refractivity contribution is 0.0510. The van der Waals surface area contributed by atoms with Crippen molar-refractivity contribution in [2.45, 2.75) is 51.7 Å². The molecule has 4 heteroatoms. The fourth-order valence-corrected chi connectivity index (χ4v) is 6.02. The summed E-state index contributed by atoms with van der Waals surface area (Å²) in [5, 5.41) is 3.71. The molecule has 2 aliphatic heterocycles. The molecule has 0 radical (unpaired) electrons. The second kappa shape index (κ2) is 7.34. The molecule has 2 unspecified atom stereocenters. The van der Waals surface area contributed by atoms with Gasteiger partial charge in [-0.05, 0) is 69.4 Å². The van der Waals surface area contributed by atoms with E-state index in [2.05, 4.69) is 62.5 Å². The van der Waals surface area contributed by atoms with E-state index in [9.17, 15) is 0 Å². The molecule has 1 aliphatic carbocycles. The van der Waals surface area contributed by atoms with Gasteiger partial charge in [-0.2, -0.15) is 0 Å². The Morgan fingerprint density at radius 2 is 2.00 bits per heavy atom. The van der Waals surface area contributed by atoms with E-state index >= 15 is 0 Å². The minimum absolute atomic E-state index is 0.0936. The number of nitrogens with one attached hydrogen (secondary N) is 1. The molecule has 5 rings (SSSR count). The Morgan fingerprint density at radius 3 is 2.71 bits per heavy atom. The molecule has 2 heterocycles. The van der Waals surface area contributed by atoms with Crippen LogP contribution in [0.5, 0.6) is 11.5 Å². The van der Waals surface area contributed by atoms with Gasteiger partial charge in [0.15, 0.2) is 0 Å². The maximum atomic E-state index is 6.85. The highest BCUT2D eigenvalue weighted by atomic mass is 35.5. The van der Waals surface area contributed by atoms with Crippen molar-refractivity contribution in [1.29, 1.82) is 0 Å². The number of allylic oxidation sites excluding steroid dienone is 3. The Labute approximate surface area is 190 Å². The fraction of sp³-hybridized carbons (Fsp3) is 0.407. The Kier molecular flexibility index (Phi) is 4.86. The van der Waals surface area contributed by atoms with Gasteiger partial charge in [-0.3, -0.25) is 0 Å². The van der Waals surface area contributed by atoms with Crippen molar-refractivity contribution < 1.29 is 9.47 Å². The van der Waals surface area contributed by atoms with Crippen molar-refractivity contribution >= 4 is 22.9 Å². The molecule has 2 aromatic carbocycles. The Hall–Kier alpha value is -2.39. The van der Waals surface area contributed by atoms with Crippen LogP contribution >= 0.6 is 11.6 Å². The van der Waals surface area contributed by atoms with Crippen molar-refractivity contribution in [3.63, 3.8) is 0 Å². The quantitative estimate of drug-likeness (QED) is 0.403. The number of halogens is 1. The van der Waals surface area contributed by atoms with Crippen LogP contribution in [0.25, 0.3) is 16.7 Å². The van der Waals surface area contributed by atoms with Gasteiger partial charge in [-0.1, -0.05) is 30.4 Å². The van der Waals surface area contributed by atoms with Crippen LogP contribution in [-0.4, -0.2) is 18.5 Å². The molecule has 3 aliphatic rings. The molecule has 3 nitrogen and oxygen atoms in total. The van der Waals surface area contributed by atoms with E-state index in [-0.39, 0.29) is 17.1 Å². The first-order valence-corrected chi connectivity index (χ1v) is 11.6. The minimum Gasteiger partial charge on any atom is -0.496 e. The summed E-state index contributed by atoms with van der Waals surface area (Å²) in [6.07, 6.45) is 9.70. The summed E-state index contributed by atoms with van der Waals surface area (Å²) in [5.41, 5.74) is 6.91. The van der Waals surface area contributed by atoms with E-state index in [0.717, 1.165) is 42.0 Å². The van der Waals surface area contributed by atoms with Crippen molar-refractivity contribution in [3.8, 4) is 22.6 Å². The number of ether oxygens (including phenoxy) is 2. The lowest BCUT2D eigenvalue weighted by Crippen LogP contribution is -2.38. The summed E-state index contributed by atoms with van der Waals surface area (Å²) in [6.45, 7) is 6.62. The van der Waals surface area contributed by atoms with Gasteiger partial charge in [0.05, 0.1) is 18.2 Å². The predicted octanol–water partition coefficient (Wildman–Crippen LogP) is 7.37. The smallest absolute Gasteiger partial charge is 0.132 e. The molecule has 1 N–H and O–H groups in total. The summed E-state index contributed by atoms with van der Waals surface area (Å²) < 4.78 is 12.6. The van der Waals surface area contributed by atoms with E-state index in [1.165, 1.54) is 22.3 Å². The first-order valence-electron chi connectivity index (χ1n) is 11.1. The topological polar surface area (TPSA) is 30.5 Å². The van der Waals surface area contributed by atoms with Crippen LogP contribution in [-0.2, 0) is 0 Å². The summed E-state index contributed by atoms with van der Waals surface area (Å²) in [5.74, 6) is 2.28. The molecular formula is C27H30ClNO2. The monoisotopic (exact) mass is 435 g/mol. The average molecular weight is 436 g/mol. The summed E-state index contributed by atoms with van der Waals surface area (Å²) in [6, 6.07) is 10.5. The zero-order valence-electron chi connectivity index (χ0n) is 18.7. The van der Waals surface area contributed by atoms with Crippen LogP contribution in [0.15, 0.2) is 48.6 Å². The van der Waals surface area contributed by atoms with Gasteiger partial charge in [0.25, 0.3) is 0 Å². The van der Waals surface area contributed by atoms with Crippen LogP contribution in [0.1, 0.15) is 57.3 Å². The van der Waals surface area contributed by atoms with Gasteiger partial charge in [0.2, 0.25) is 0 Å². The SMILES string of the molecule is COc1cccc2c1-c1ccc3c(c1C(C1(CCl)CC=CCC1)O2)C(C)=CC(C)(C)N3. The molecule has 0 bridgehead atoms. The predicted molar refractivity (Wildman–Crippen MR) is 129 cm³/mol. The van der Waals surface area contributed by atoms with Gasteiger partial charge < -0.3 is 14.8 Å². The van der Waals surface area contributed by atoms with Crippen molar-refractivity contribution in [1.82, 2.24) is 0 Å².